The third-order valence-corrected chi connectivity index (χ3v) is 2.72. The van der Waals surface area contributed by atoms with Crippen LogP contribution in [0, 0.1) is 5.92 Å². The minimum Gasteiger partial charge on any atom is -0.380 e. The lowest BCUT2D eigenvalue weighted by Gasteiger charge is -2.11. The molecule has 2 heteroatoms. The second-order valence-corrected chi connectivity index (χ2v) is 4.18. The van der Waals surface area contributed by atoms with E-state index in [9.17, 15) is 0 Å². The summed E-state index contributed by atoms with van der Waals surface area (Å²) in [5.74, 6) is 0.925. The van der Waals surface area contributed by atoms with Gasteiger partial charge in [-0.05, 0) is 31.6 Å². The number of nitrogens with one attached hydrogen (secondary N) is 1. The van der Waals surface area contributed by atoms with Crippen LogP contribution in [0.25, 0.3) is 0 Å². The molecule has 0 bridgehead atoms. The first-order chi connectivity index (χ1) is 6.33. The number of hydrogen-bond acceptors (Lipinski definition) is 2. The largest absolute Gasteiger partial charge is 0.380 e. The van der Waals surface area contributed by atoms with E-state index in [2.05, 4.69) is 19.2 Å². The van der Waals surface area contributed by atoms with Gasteiger partial charge in [0, 0.05) is 19.2 Å². The van der Waals surface area contributed by atoms with Gasteiger partial charge in [-0.3, -0.25) is 0 Å². The fraction of sp³-hybridized carbons (Fsp3) is 1.00. The first kappa shape index (κ1) is 11.0. The predicted molar refractivity (Wildman–Crippen MR) is 55.9 cm³/mol. The average Bonchev–Trinajstić information content (AvgIpc) is 2.51. The third kappa shape index (κ3) is 4.63. The summed E-state index contributed by atoms with van der Waals surface area (Å²) in [5.41, 5.74) is 0. The summed E-state index contributed by atoms with van der Waals surface area (Å²) < 4.78 is 5.41. The molecule has 0 spiro atoms. The number of ether oxygens (including phenoxy) is 1. The fourth-order valence-electron chi connectivity index (χ4n) is 1.97. The molecule has 1 rings (SSSR count). The Balaban J connectivity index is 1.88. The minimum absolute atomic E-state index is 0.764. The maximum Gasteiger partial charge on any atom is 0.0590 e. The first-order valence-corrected chi connectivity index (χ1v) is 5.64. The van der Waals surface area contributed by atoms with E-state index >= 15 is 0 Å². The van der Waals surface area contributed by atoms with Crippen LogP contribution in [-0.4, -0.2) is 25.8 Å². The predicted octanol–water partition coefficient (Wildman–Crippen LogP) is 2.19. The van der Waals surface area contributed by atoms with Crippen LogP contribution < -0.4 is 5.32 Å². The highest BCUT2D eigenvalue weighted by Gasteiger charge is 2.19. The lowest BCUT2D eigenvalue weighted by molar-refractivity contribution is 0.134. The molecule has 78 valence electrons. The minimum atomic E-state index is 0.764. The maximum absolute atomic E-state index is 5.41. The van der Waals surface area contributed by atoms with Crippen LogP contribution in [0.2, 0.25) is 0 Å². The Morgan fingerprint density at radius 1 is 1.31 bits per heavy atom. The molecule has 0 heterocycles. The molecule has 0 aromatic heterocycles. The quantitative estimate of drug-likeness (QED) is 0.640. The van der Waals surface area contributed by atoms with Crippen molar-refractivity contribution < 1.29 is 4.74 Å². The lowest BCUT2D eigenvalue weighted by atomic mass is 10.1. The van der Waals surface area contributed by atoms with Crippen LogP contribution in [0.15, 0.2) is 0 Å². The van der Waals surface area contributed by atoms with Crippen LogP contribution >= 0.6 is 0 Å². The van der Waals surface area contributed by atoms with E-state index in [0.29, 0.717) is 0 Å². The van der Waals surface area contributed by atoms with E-state index < -0.39 is 0 Å². The molecule has 0 aromatic rings. The number of hydrogen-bond donors (Lipinski definition) is 1. The van der Waals surface area contributed by atoms with Crippen LogP contribution in [0.5, 0.6) is 0 Å². The SMILES string of the molecule is CCCOCCNC1CCC(C)C1. The summed E-state index contributed by atoms with van der Waals surface area (Å²) in [7, 11) is 0. The summed E-state index contributed by atoms with van der Waals surface area (Å²) in [6.07, 6.45) is 5.23. The second kappa shape index (κ2) is 6.39. The molecule has 0 saturated heterocycles. The van der Waals surface area contributed by atoms with E-state index in [0.717, 1.165) is 38.1 Å². The fourth-order valence-corrected chi connectivity index (χ4v) is 1.97. The Kier molecular flexibility index (Phi) is 5.40. The highest BCUT2D eigenvalue weighted by Crippen LogP contribution is 2.24. The van der Waals surface area contributed by atoms with Gasteiger partial charge in [-0.15, -0.1) is 0 Å². The molecule has 0 aromatic carbocycles. The zero-order chi connectivity index (χ0) is 9.52. The van der Waals surface area contributed by atoms with E-state index in [1.807, 2.05) is 0 Å². The smallest absolute Gasteiger partial charge is 0.0590 e. The third-order valence-electron chi connectivity index (χ3n) is 2.72. The van der Waals surface area contributed by atoms with Gasteiger partial charge in [0.15, 0.2) is 0 Å². The Morgan fingerprint density at radius 2 is 2.15 bits per heavy atom. The Labute approximate surface area is 82.0 Å². The van der Waals surface area contributed by atoms with Gasteiger partial charge in [-0.2, -0.15) is 0 Å². The molecule has 1 fully saturated rings. The zero-order valence-corrected chi connectivity index (χ0v) is 9.01. The van der Waals surface area contributed by atoms with Gasteiger partial charge in [-0.1, -0.05) is 13.8 Å². The van der Waals surface area contributed by atoms with Crippen molar-refractivity contribution in [2.75, 3.05) is 19.8 Å². The van der Waals surface area contributed by atoms with E-state index in [4.69, 9.17) is 4.74 Å². The van der Waals surface area contributed by atoms with Crippen molar-refractivity contribution in [2.45, 2.75) is 45.6 Å². The van der Waals surface area contributed by atoms with E-state index in [1.165, 1.54) is 19.3 Å². The molecule has 1 saturated carbocycles. The van der Waals surface area contributed by atoms with Crippen molar-refractivity contribution in [1.82, 2.24) is 5.32 Å². The first-order valence-electron chi connectivity index (χ1n) is 5.64. The monoisotopic (exact) mass is 185 g/mol. The summed E-state index contributed by atoms with van der Waals surface area (Å²) >= 11 is 0. The average molecular weight is 185 g/mol. The molecule has 0 amide bonds. The standard InChI is InChI=1S/C11H23NO/c1-3-7-13-8-6-12-11-5-4-10(2)9-11/h10-12H,3-9H2,1-2H3. The van der Waals surface area contributed by atoms with Gasteiger partial charge in [-0.25, -0.2) is 0 Å². The van der Waals surface area contributed by atoms with Crippen LogP contribution in [0.3, 0.4) is 0 Å². The molecule has 0 radical (unpaired) electrons. The summed E-state index contributed by atoms with van der Waals surface area (Å²) in [4.78, 5) is 0. The molecular weight excluding hydrogens is 162 g/mol. The van der Waals surface area contributed by atoms with Gasteiger partial charge < -0.3 is 10.1 Å². The normalized spacial score (nSPS) is 28.2. The van der Waals surface area contributed by atoms with Gasteiger partial charge in [0.1, 0.15) is 0 Å². The van der Waals surface area contributed by atoms with Crippen molar-refractivity contribution in [3.8, 4) is 0 Å². The van der Waals surface area contributed by atoms with Gasteiger partial charge in [0.25, 0.3) is 0 Å². The van der Waals surface area contributed by atoms with E-state index in [1.54, 1.807) is 0 Å². The topological polar surface area (TPSA) is 21.3 Å². The van der Waals surface area contributed by atoms with Crippen molar-refractivity contribution in [3.05, 3.63) is 0 Å². The highest BCUT2D eigenvalue weighted by atomic mass is 16.5. The van der Waals surface area contributed by atoms with Crippen molar-refractivity contribution in [1.29, 1.82) is 0 Å². The second-order valence-electron chi connectivity index (χ2n) is 4.18. The molecule has 1 N–H and O–H groups in total. The summed E-state index contributed by atoms with van der Waals surface area (Å²) in [6, 6.07) is 0.764. The van der Waals surface area contributed by atoms with Crippen molar-refractivity contribution >= 4 is 0 Å². The summed E-state index contributed by atoms with van der Waals surface area (Å²) in [5, 5.41) is 3.55. The lowest BCUT2D eigenvalue weighted by Crippen LogP contribution is -2.29. The van der Waals surface area contributed by atoms with Crippen molar-refractivity contribution in [3.63, 3.8) is 0 Å². The van der Waals surface area contributed by atoms with Gasteiger partial charge in [0.2, 0.25) is 0 Å². The summed E-state index contributed by atoms with van der Waals surface area (Å²) in [6.45, 7) is 7.29. The van der Waals surface area contributed by atoms with Gasteiger partial charge in [0.05, 0.1) is 6.61 Å². The molecular formula is C11H23NO. The molecule has 2 atom stereocenters. The van der Waals surface area contributed by atoms with Crippen LogP contribution in [0.4, 0.5) is 0 Å². The molecule has 1 aliphatic carbocycles. The number of rotatable bonds is 6. The molecule has 2 unspecified atom stereocenters. The Hall–Kier alpha value is -0.0800. The highest BCUT2D eigenvalue weighted by molar-refractivity contribution is 4.77. The Bertz CT molecular complexity index is 127. The molecule has 0 aliphatic heterocycles. The van der Waals surface area contributed by atoms with Gasteiger partial charge >= 0.3 is 0 Å². The van der Waals surface area contributed by atoms with Crippen molar-refractivity contribution in [2.24, 2.45) is 5.92 Å². The molecule has 1 aliphatic rings. The Morgan fingerprint density at radius 3 is 2.77 bits per heavy atom. The van der Waals surface area contributed by atoms with Crippen LogP contribution in [-0.2, 0) is 4.74 Å². The molecule has 2 nitrogen and oxygen atoms in total. The maximum atomic E-state index is 5.41. The van der Waals surface area contributed by atoms with E-state index in [-0.39, 0.29) is 0 Å². The zero-order valence-electron chi connectivity index (χ0n) is 9.01. The van der Waals surface area contributed by atoms with Crippen LogP contribution in [0.1, 0.15) is 39.5 Å². The molecule has 13 heavy (non-hydrogen) atoms.